The van der Waals surface area contributed by atoms with Gasteiger partial charge in [-0.25, -0.2) is 0 Å². The van der Waals surface area contributed by atoms with E-state index in [-0.39, 0.29) is 5.91 Å². The third kappa shape index (κ3) is 5.81. The average molecular weight is 479 g/mol. The van der Waals surface area contributed by atoms with Gasteiger partial charge < -0.3 is 19.5 Å². The highest BCUT2D eigenvalue weighted by atomic mass is 16.5. The molecule has 0 spiro atoms. The molecule has 2 heterocycles. The summed E-state index contributed by atoms with van der Waals surface area (Å²) in [6.45, 7) is 6.53. The van der Waals surface area contributed by atoms with Gasteiger partial charge >= 0.3 is 0 Å². The number of carbonyl (C=O) groups is 1. The molecule has 3 atom stereocenters. The van der Waals surface area contributed by atoms with E-state index < -0.39 is 6.10 Å². The van der Waals surface area contributed by atoms with Crippen LogP contribution in [0.25, 0.3) is 0 Å². The second-order valence-electron chi connectivity index (χ2n) is 10.5. The van der Waals surface area contributed by atoms with Crippen molar-refractivity contribution in [2.24, 2.45) is 11.8 Å². The van der Waals surface area contributed by atoms with E-state index in [2.05, 4.69) is 36.1 Å². The third-order valence-electron chi connectivity index (χ3n) is 7.95. The van der Waals surface area contributed by atoms with E-state index in [9.17, 15) is 9.90 Å². The topological polar surface area (TPSA) is 62.2 Å². The number of hydrogen-bond acceptors (Lipinski definition) is 5. The largest absolute Gasteiger partial charge is 0.493 e. The van der Waals surface area contributed by atoms with Crippen molar-refractivity contribution in [1.82, 2.24) is 9.80 Å². The van der Waals surface area contributed by atoms with Gasteiger partial charge in [0.1, 0.15) is 18.1 Å². The summed E-state index contributed by atoms with van der Waals surface area (Å²) >= 11 is 0. The van der Waals surface area contributed by atoms with E-state index in [0.29, 0.717) is 56.0 Å². The van der Waals surface area contributed by atoms with Crippen molar-refractivity contribution in [2.45, 2.75) is 51.7 Å². The zero-order valence-corrected chi connectivity index (χ0v) is 20.8. The molecule has 1 unspecified atom stereocenters. The van der Waals surface area contributed by atoms with E-state index in [0.717, 1.165) is 25.3 Å². The van der Waals surface area contributed by atoms with Gasteiger partial charge in [0.2, 0.25) is 0 Å². The number of amides is 1. The van der Waals surface area contributed by atoms with Crippen molar-refractivity contribution in [2.75, 3.05) is 39.4 Å². The highest BCUT2D eigenvalue weighted by Gasteiger charge is 2.28. The van der Waals surface area contributed by atoms with Crippen LogP contribution in [0.2, 0.25) is 0 Å². The Morgan fingerprint density at radius 1 is 1.09 bits per heavy atom. The van der Waals surface area contributed by atoms with Gasteiger partial charge in [-0.1, -0.05) is 50.5 Å². The molecule has 5 rings (SSSR count). The average Bonchev–Trinajstić information content (AvgIpc) is 3.01. The zero-order chi connectivity index (χ0) is 24.2. The number of benzene rings is 2. The summed E-state index contributed by atoms with van der Waals surface area (Å²) in [5.41, 5.74) is 3.27. The second-order valence-corrected chi connectivity index (χ2v) is 10.5. The van der Waals surface area contributed by atoms with Crippen molar-refractivity contribution in [1.29, 1.82) is 0 Å². The summed E-state index contributed by atoms with van der Waals surface area (Å²) < 4.78 is 12.0. The Bertz CT molecular complexity index is 1030. The molecule has 1 aliphatic carbocycles. The predicted molar refractivity (Wildman–Crippen MR) is 136 cm³/mol. The van der Waals surface area contributed by atoms with Gasteiger partial charge in [-0.15, -0.1) is 0 Å². The molecule has 0 saturated heterocycles. The van der Waals surface area contributed by atoms with Gasteiger partial charge in [0.15, 0.2) is 0 Å². The van der Waals surface area contributed by atoms with E-state index in [1.165, 1.54) is 36.8 Å². The number of β-amino-alcohol motifs (C(OH)–C–C–N with tert-alkyl or cyclic N) is 1. The number of hydrogen-bond donors (Lipinski definition) is 1. The lowest BCUT2D eigenvalue weighted by Crippen LogP contribution is -2.44. The van der Waals surface area contributed by atoms with Crippen molar-refractivity contribution in [3.8, 4) is 11.5 Å². The van der Waals surface area contributed by atoms with Crippen LogP contribution in [-0.2, 0) is 13.0 Å². The van der Waals surface area contributed by atoms with Gasteiger partial charge in [0.25, 0.3) is 5.91 Å². The lowest BCUT2D eigenvalue weighted by Gasteiger charge is -2.32. The Balaban J connectivity index is 1.17. The number of aliphatic hydroxyl groups is 1. The molecule has 1 amide bonds. The van der Waals surface area contributed by atoms with E-state index >= 15 is 0 Å². The molecule has 1 N–H and O–H groups in total. The summed E-state index contributed by atoms with van der Waals surface area (Å²) in [5, 5.41) is 10.8. The first-order valence-electron chi connectivity index (χ1n) is 13.2. The maximum atomic E-state index is 13.3. The molecule has 188 valence electrons. The number of carbonyl (C=O) groups excluding carboxylic acids is 1. The van der Waals surface area contributed by atoms with Crippen LogP contribution in [0.4, 0.5) is 0 Å². The van der Waals surface area contributed by atoms with Crippen LogP contribution in [0.5, 0.6) is 11.5 Å². The van der Waals surface area contributed by atoms with Gasteiger partial charge in [-0.3, -0.25) is 9.69 Å². The molecular formula is C29H38N2O4. The fraction of sp³-hybridized carbons (Fsp3) is 0.552. The third-order valence-corrected chi connectivity index (χ3v) is 7.95. The first-order chi connectivity index (χ1) is 17.1. The molecular weight excluding hydrogens is 440 g/mol. The highest BCUT2D eigenvalue weighted by molar-refractivity contribution is 5.97. The normalized spacial score (nSPS) is 23.6. The molecule has 35 heavy (non-hydrogen) atoms. The van der Waals surface area contributed by atoms with E-state index in [4.69, 9.17) is 9.47 Å². The van der Waals surface area contributed by atoms with Gasteiger partial charge in [-0.2, -0.15) is 0 Å². The van der Waals surface area contributed by atoms with Gasteiger partial charge in [0, 0.05) is 32.2 Å². The molecule has 6 nitrogen and oxygen atoms in total. The van der Waals surface area contributed by atoms with Crippen LogP contribution in [0, 0.1) is 11.8 Å². The first-order valence-corrected chi connectivity index (χ1v) is 13.2. The fourth-order valence-electron chi connectivity index (χ4n) is 5.76. The Labute approximate surface area is 208 Å². The monoisotopic (exact) mass is 478 g/mol. The minimum Gasteiger partial charge on any atom is -0.493 e. The van der Waals surface area contributed by atoms with Crippen LogP contribution in [-0.4, -0.2) is 66.3 Å². The highest BCUT2D eigenvalue weighted by Crippen LogP contribution is 2.32. The predicted octanol–water partition coefficient (Wildman–Crippen LogP) is 4.15. The minimum atomic E-state index is -0.606. The molecule has 1 fully saturated rings. The number of nitrogens with zero attached hydrogens (tertiary/aromatic N) is 2. The summed E-state index contributed by atoms with van der Waals surface area (Å²) in [6, 6.07) is 14.0. The van der Waals surface area contributed by atoms with E-state index in [1.54, 1.807) is 4.90 Å². The molecule has 1 saturated carbocycles. The molecule has 6 heteroatoms. The van der Waals surface area contributed by atoms with Gasteiger partial charge in [0.05, 0.1) is 24.8 Å². The maximum Gasteiger partial charge on any atom is 0.257 e. The van der Waals surface area contributed by atoms with E-state index in [1.807, 2.05) is 18.2 Å². The van der Waals surface area contributed by atoms with Crippen molar-refractivity contribution in [3.05, 3.63) is 59.2 Å². The zero-order valence-electron chi connectivity index (χ0n) is 20.8. The number of fused-ring (bicyclic) bond motifs is 2. The standard InChI is InChI=1S/C29H38N2O4/c1-21-6-2-3-9-24(21)20-35-26-10-11-27-28(16-26)34-15-14-31(29(27)33)19-25(32)18-30-13-12-22-7-4-5-8-23(22)17-30/h4-5,7-8,10-11,16,21,24-25,32H,2-3,6,9,12-15,17-20H2,1H3/t21-,24?,25-/m1/s1. The lowest BCUT2D eigenvalue weighted by molar-refractivity contribution is 0.0501. The lowest BCUT2D eigenvalue weighted by atomic mass is 9.81. The maximum absolute atomic E-state index is 13.3. The van der Waals surface area contributed by atoms with Crippen molar-refractivity contribution < 1.29 is 19.4 Å². The molecule has 0 aromatic heterocycles. The van der Waals surface area contributed by atoms with Gasteiger partial charge in [-0.05, 0) is 47.9 Å². The Morgan fingerprint density at radius 2 is 1.91 bits per heavy atom. The Hall–Kier alpha value is -2.57. The Kier molecular flexibility index (Phi) is 7.59. The van der Waals surface area contributed by atoms with Crippen LogP contribution in [0.1, 0.15) is 54.1 Å². The number of rotatable bonds is 7. The molecule has 0 radical (unpaired) electrons. The molecule has 2 aromatic rings. The smallest absolute Gasteiger partial charge is 0.257 e. The molecule has 0 bridgehead atoms. The van der Waals surface area contributed by atoms with Crippen LogP contribution >= 0.6 is 0 Å². The van der Waals surface area contributed by atoms with Crippen molar-refractivity contribution in [3.63, 3.8) is 0 Å². The SMILES string of the molecule is C[C@@H]1CCCCC1COc1ccc2c(c1)OCCN(C[C@H](O)CN1CCc3ccccc3C1)C2=O. The van der Waals surface area contributed by atoms with Crippen molar-refractivity contribution >= 4 is 5.91 Å². The fourth-order valence-corrected chi connectivity index (χ4v) is 5.76. The molecule has 3 aliphatic rings. The second kappa shape index (κ2) is 11.0. The summed E-state index contributed by atoms with van der Waals surface area (Å²) in [6.07, 6.45) is 5.50. The Morgan fingerprint density at radius 3 is 2.77 bits per heavy atom. The minimum absolute atomic E-state index is 0.0898. The quantitative estimate of drug-likeness (QED) is 0.648. The molecule has 2 aromatic carbocycles. The summed E-state index contributed by atoms with van der Waals surface area (Å²) in [4.78, 5) is 17.3. The molecule has 2 aliphatic heterocycles. The van der Waals surface area contributed by atoms with Crippen LogP contribution in [0.15, 0.2) is 42.5 Å². The van der Waals surface area contributed by atoms with Crippen LogP contribution in [0.3, 0.4) is 0 Å². The number of aliphatic hydroxyl groups excluding tert-OH is 1. The first kappa shape index (κ1) is 24.1. The summed E-state index contributed by atoms with van der Waals surface area (Å²) in [5.74, 6) is 2.53. The number of ether oxygens (including phenoxy) is 2. The summed E-state index contributed by atoms with van der Waals surface area (Å²) in [7, 11) is 0. The van der Waals surface area contributed by atoms with Crippen LogP contribution < -0.4 is 9.47 Å².